The van der Waals surface area contributed by atoms with Gasteiger partial charge < -0.3 is 4.74 Å². The fraction of sp³-hybridized carbons (Fsp3) is 0.0769. The van der Waals surface area contributed by atoms with E-state index in [1.165, 1.54) is 0 Å². The molecule has 0 fully saturated rings. The maximum Gasteiger partial charge on any atom is 0.229 e. The van der Waals surface area contributed by atoms with Crippen molar-refractivity contribution in [3.8, 4) is 11.5 Å². The second kappa shape index (κ2) is 6.03. The van der Waals surface area contributed by atoms with Crippen LogP contribution in [0.15, 0.2) is 46.9 Å². The molecule has 0 amide bonds. The smallest absolute Gasteiger partial charge is 0.229 e. The summed E-state index contributed by atoms with van der Waals surface area (Å²) < 4.78 is 31.4. The van der Waals surface area contributed by atoms with Crippen LogP contribution in [0.25, 0.3) is 0 Å². The third kappa shape index (κ3) is 4.13. The van der Waals surface area contributed by atoms with Crippen molar-refractivity contribution in [2.24, 2.45) is 0 Å². The molecule has 4 nitrogen and oxygen atoms in total. The van der Waals surface area contributed by atoms with Gasteiger partial charge in [-0.25, -0.2) is 8.42 Å². The molecule has 0 aliphatic carbocycles. The van der Waals surface area contributed by atoms with Crippen molar-refractivity contribution in [3.63, 3.8) is 0 Å². The summed E-state index contributed by atoms with van der Waals surface area (Å²) in [5.41, 5.74) is 0.372. The van der Waals surface area contributed by atoms with Crippen molar-refractivity contribution < 1.29 is 13.2 Å². The number of sulfonamides is 1. The zero-order valence-corrected chi connectivity index (χ0v) is 13.6. The molecule has 0 atom stereocenters. The molecule has 0 unspecified atom stereocenters. The van der Waals surface area contributed by atoms with E-state index in [9.17, 15) is 8.42 Å². The van der Waals surface area contributed by atoms with Gasteiger partial charge in [0.25, 0.3) is 0 Å². The summed E-state index contributed by atoms with van der Waals surface area (Å²) >= 11 is 9.20. The molecule has 7 heteroatoms. The number of ether oxygens (including phenoxy) is 1. The van der Waals surface area contributed by atoms with Crippen LogP contribution < -0.4 is 9.46 Å². The standard InChI is InChI=1S/C13H11BrClNO3S/c1-20(17,18)16-11-4-2-3-5-13(11)19-12-7-6-9(15)8-10(12)14/h2-8,16H,1H3. The molecule has 0 bridgehead atoms. The maximum absolute atomic E-state index is 11.3. The molecule has 0 aliphatic rings. The maximum atomic E-state index is 11.3. The number of benzene rings is 2. The van der Waals surface area contributed by atoms with Gasteiger partial charge in [-0.2, -0.15) is 0 Å². The summed E-state index contributed by atoms with van der Waals surface area (Å²) in [5.74, 6) is 0.943. The first-order chi connectivity index (χ1) is 9.35. The molecule has 2 aromatic carbocycles. The lowest BCUT2D eigenvalue weighted by Gasteiger charge is -2.12. The molecule has 2 aromatic rings. The number of hydrogen-bond acceptors (Lipinski definition) is 3. The number of hydrogen-bond donors (Lipinski definition) is 1. The number of halogens is 2. The Labute approximate surface area is 130 Å². The van der Waals surface area contributed by atoms with E-state index in [2.05, 4.69) is 20.7 Å². The van der Waals surface area contributed by atoms with E-state index in [-0.39, 0.29) is 0 Å². The summed E-state index contributed by atoms with van der Waals surface area (Å²) in [6, 6.07) is 11.9. The topological polar surface area (TPSA) is 55.4 Å². The van der Waals surface area contributed by atoms with Crippen LogP contribution in [-0.4, -0.2) is 14.7 Å². The quantitative estimate of drug-likeness (QED) is 0.867. The number of nitrogens with one attached hydrogen (secondary N) is 1. The zero-order chi connectivity index (χ0) is 14.8. The molecule has 1 N–H and O–H groups in total. The van der Waals surface area contributed by atoms with Crippen LogP contribution in [0.3, 0.4) is 0 Å². The van der Waals surface area contributed by atoms with E-state index in [4.69, 9.17) is 16.3 Å². The Kier molecular flexibility index (Phi) is 4.57. The highest BCUT2D eigenvalue weighted by atomic mass is 79.9. The van der Waals surface area contributed by atoms with E-state index < -0.39 is 10.0 Å². The van der Waals surface area contributed by atoms with Gasteiger partial charge in [-0.1, -0.05) is 23.7 Å². The lowest BCUT2D eigenvalue weighted by Crippen LogP contribution is -2.10. The van der Waals surface area contributed by atoms with Crippen molar-refractivity contribution >= 4 is 43.2 Å². The first-order valence-electron chi connectivity index (χ1n) is 5.55. The molecule has 0 aliphatic heterocycles. The van der Waals surface area contributed by atoms with Crippen LogP contribution in [0, 0.1) is 0 Å². The highest BCUT2D eigenvalue weighted by Gasteiger charge is 2.10. The average molecular weight is 377 g/mol. The van der Waals surface area contributed by atoms with Crippen LogP contribution in [0.5, 0.6) is 11.5 Å². The van der Waals surface area contributed by atoms with Gasteiger partial charge in [0.15, 0.2) is 5.75 Å². The Balaban J connectivity index is 2.34. The average Bonchev–Trinajstić information content (AvgIpc) is 2.33. The number of rotatable bonds is 4. The Bertz CT molecular complexity index is 734. The van der Waals surface area contributed by atoms with Gasteiger partial charge >= 0.3 is 0 Å². The third-order valence-electron chi connectivity index (χ3n) is 2.30. The van der Waals surface area contributed by atoms with Crippen molar-refractivity contribution in [2.75, 3.05) is 11.0 Å². The summed E-state index contributed by atoms with van der Waals surface area (Å²) in [6.45, 7) is 0. The summed E-state index contributed by atoms with van der Waals surface area (Å²) in [7, 11) is -3.37. The van der Waals surface area contributed by atoms with E-state index >= 15 is 0 Å². The minimum Gasteiger partial charge on any atom is -0.454 e. The third-order valence-corrected chi connectivity index (χ3v) is 3.74. The summed E-state index contributed by atoms with van der Waals surface area (Å²) in [5, 5.41) is 0.576. The predicted molar refractivity (Wildman–Crippen MR) is 84.1 cm³/mol. The lowest BCUT2D eigenvalue weighted by atomic mass is 10.3. The molecule has 106 valence electrons. The largest absolute Gasteiger partial charge is 0.454 e. The normalized spacial score (nSPS) is 11.2. The van der Waals surface area contributed by atoms with Gasteiger partial charge in [-0.15, -0.1) is 0 Å². The monoisotopic (exact) mass is 375 g/mol. The Hall–Kier alpha value is -1.24. The zero-order valence-electron chi connectivity index (χ0n) is 10.4. The van der Waals surface area contributed by atoms with Crippen LogP contribution >= 0.6 is 27.5 Å². The molecule has 0 radical (unpaired) electrons. The van der Waals surface area contributed by atoms with Gasteiger partial charge in [0, 0.05) is 5.02 Å². The van der Waals surface area contributed by atoms with E-state index in [0.717, 1.165) is 6.26 Å². The Morgan fingerprint density at radius 3 is 2.50 bits per heavy atom. The van der Waals surface area contributed by atoms with Crippen molar-refractivity contribution in [1.82, 2.24) is 0 Å². The van der Waals surface area contributed by atoms with E-state index in [0.29, 0.717) is 26.7 Å². The second-order valence-corrected chi connectivity index (χ2v) is 7.09. The van der Waals surface area contributed by atoms with Gasteiger partial charge in [-0.3, -0.25) is 4.72 Å². The summed E-state index contributed by atoms with van der Waals surface area (Å²) in [6.07, 6.45) is 1.09. The molecular weight excluding hydrogens is 366 g/mol. The molecule has 0 saturated heterocycles. The molecule has 0 heterocycles. The highest BCUT2D eigenvalue weighted by Crippen LogP contribution is 2.35. The molecule has 0 saturated carbocycles. The van der Waals surface area contributed by atoms with Gasteiger partial charge in [0.1, 0.15) is 5.75 Å². The minimum atomic E-state index is -3.37. The molecule has 2 rings (SSSR count). The fourth-order valence-corrected chi connectivity index (χ4v) is 2.85. The van der Waals surface area contributed by atoms with Crippen LogP contribution in [0.1, 0.15) is 0 Å². The molecule has 0 spiro atoms. The Morgan fingerprint density at radius 1 is 1.15 bits per heavy atom. The fourth-order valence-electron chi connectivity index (χ4n) is 1.52. The number of anilines is 1. The molecule has 20 heavy (non-hydrogen) atoms. The van der Waals surface area contributed by atoms with Gasteiger partial charge in [-0.05, 0) is 46.3 Å². The molecule has 0 aromatic heterocycles. The highest BCUT2D eigenvalue weighted by molar-refractivity contribution is 9.10. The van der Waals surface area contributed by atoms with Crippen molar-refractivity contribution in [1.29, 1.82) is 0 Å². The van der Waals surface area contributed by atoms with Crippen LogP contribution in [0.2, 0.25) is 5.02 Å². The van der Waals surface area contributed by atoms with Crippen LogP contribution in [0.4, 0.5) is 5.69 Å². The van der Waals surface area contributed by atoms with E-state index in [1.54, 1.807) is 42.5 Å². The van der Waals surface area contributed by atoms with Crippen LogP contribution in [-0.2, 0) is 10.0 Å². The lowest BCUT2D eigenvalue weighted by molar-refractivity contribution is 0.482. The first kappa shape index (κ1) is 15.2. The molecular formula is C13H11BrClNO3S. The number of para-hydroxylation sites is 2. The first-order valence-corrected chi connectivity index (χ1v) is 8.61. The SMILES string of the molecule is CS(=O)(=O)Nc1ccccc1Oc1ccc(Cl)cc1Br. The second-order valence-electron chi connectivity index (χ2n) is 4.05. The Morgan fingerprint density at radius 2 is 1.85 bits per heavy atom. The predicted octanol–water partition coefficient (Wildman–Crippen LogP) is 4.27. The van der Waals surface area contributed by atoms with E-state index in [1.807, 2.05) is 0 Å². The van der Waals surface area contributed by atoms with Gasteiger partial charge in [0.2, 0.25) is 10.0 Å². The van der Waals surface area contributed by atoms with Crippen molar-refractivity contribution in [2.45, 2.75) is 0 Å². The van der Waals surface area contributed by atoms with Gasteiger partial charge in [0.05, 0.1) is 16.4 Å². The minimum absolute atomic E-state index is 0.372. The summed E-state index contributed by atoms with van der Waals surface area (Å²) in [4.78, 5) is 0. The van der Waals surface area contributed by atoms with Crippen molar-refractivity contribution in [3.05, 3.63) is 52.0 Å².